The summed E-state index contributed by atoms with van der Waals surface area (Å²) in [6.07, 6.45) is -7.28. The standard InChI is InChI=1S/C7H12O8.Fe/c8-1-3(9)5(11)6(12)4(10)2-15-7(13)14;/h3,5-6,8-9,11-12H,1-2H2,(H,13,14);/t3-,5+,6+;/m1./s1. The quantitative estimate of drug-likeness (QED) is 0.261. The molecule has 0 heterocycles. The molecule has 0 spiro atoms. The Balaban J connectivity index is 0. The van der Waals surface area contributed by atoms with Gasteiger partial charge in [-0.2, -0.15) is 0 Å². The van der Waals surface area contributed by atoms with Crippen LogP contribution in [0.2, 0.25) is 0 Å². The number of carboxylic acid groups (broad SMARTS) is 1. The molecular weight excluding hydrogens is 268 g/mol. The summed E-state index contributed by atoms with van der Waals surface area (Å²) < 4.78 is 3.84. The van der Waals surface area contributed by atoms with Crippen molar-refractivity contribution in [1.82, 2.24) is 0 Å². The average Bonchev–Trinajstić information content (AvgIpc) is 2.22. The van der Waals surface area contributed by atoms with E-state index in [0.29, 0.717) is 0 Å². The van der Waals surface area contributed by atoms with Gasteiger partial charge in [0.15, 0.2) is 6.61 Å². The number of aliphatic hydroxyl groups excluding tert-OH is 4. The molecule has 0 radical (unpaired) electrons. The zero-order valence-electron chi connectivity index (χ0n) is 7.96. The predicted octanol–water partition coefficient (Wildman–Crippen LogP) is -2.68. The molecule has 9 heteroatoms. The first kappa shape index (κ1) is 17.7. The maximum absolute atomic E-state index is 10.9. The van der Waals surface area contributed by atoms with Crippen molar-refractivity contribution in [2.24, 2.45) is 0 Å². The largest absolute Gasteiger partial charge is 0.506 e. The Morgan fingerprint density at radius 3 is 2.06 bits per heavy atom. The van der Waals surface area contributed by atoms with Gasteiger partial charge in [0.25, 0.3) is 0 Å². The second-order valence-electron chi connectivity index (χ2n) is 2.71. The Bertz CT molecular complexity index is 232. The monoisotopic (exact) mass is 280 g/mol. The normalized spacial score (nSPS) is 15.5. The number of hydrogen-bond acceptors (Lipinski definition) is 7. The molecule has 0 aliphatic heterocycles. The molecule has 0 rings (SSSR count). The maximum atomic E-state index is 10.9. The third kappa shape index (κ3) is 6.01. The molecule has 5 N–H and O–H groups in total. The summed E-state index contributed by atoms with van der Waals surface area (Å²) in [5.74, 6) is -1.11. The van der Waals surface area contributed by atoms with Gasteiger partial charge >= 0.3 is 6.16 Å². The minimum atomic E-state index is -2.01. The zero-order chi connectivity index (χ0) is 12.0. The van der Waals surface area contributed by atoms with E-state index < -0.39 is 43.5 Å². The van der Waals surface area contributed by atoms with E-state index in [4.69, 9.17) is 25.5 Å². The number of carbonyl (C=O) groups excluding carboxylic acids is 1. The Hall–Kier alpha value is -0.701. The first-order chi connectivity index (χ1) is 6.90. The van der Waals surface area contributed by atoms with Gasteiger partial charge in [-0.25, -0.2) is 4.79 Å². The summed E-state index contributed by atoms with van der Waals surface area (Å²) in [5, 5.41) is 43.4. The van der Waals surface area contributed by atoms with E-state index in [9.17, 15) is 9.59 Å². The van der Waals surface area contributed by atoms with Crippen molar-refractivity contribution in [1.29, 1.82) is 0 Å². The van der Waals surface area contributed by atoms with Crippen molar-refractivity contribution in [2.75, 3.05) is 13.2 Å². The number of aliphatic hydroxyl groups is 4. The third-order valence-corrected chi connectivity index (χ3v) is 1.57. The molecule has 0 aliphatic rings. The SMILES string of the molecule is O=C(O)OCC(=O)[C@H](O)[C@@H](O)[C@H](O)CO.[Fe]. The molecule has 0 fully saturated rings. The van der Waals surface area contributed by atoms with Crippen molar-refractivity contribution in [3.63, 3.8) is 0 Å². The van der Waals surface area contributed by atoms with Gasteiger partial charge in [0, 0.05) is 17.1 Å². The van der Waals surface area contributed by atoms with Crippen LogP contribution in [0.3, 0.4) is 0 Å². The van der Waals surface area contributed by atoms with E-state index in [-0.39, 0.29) is 17.1 Å². The van der Waals surface area contributed by atoms with E-state index in [0.717, 1.165) is 0 Å². The molecular formula is C7H12FeO8. The fourth-order valence-corrected chi connectivity index (χ4v) is 0.727. The Morgan fingerprint density at radius 1 is 1.19 bits per heavy atom. The molecule has 0 saturated carbocycles. The molecule has 0 aromatic carbocycles. The van der Waals surface area contributed by atoms with Gasteiger partial charge in [0.05, 0.1) is 6.61 Å². The third-order valence-electron chi connectivity index (χ3n) is 1.57. The number of ether oxygens (including phenoxy) is 1. The van der Waals surface area contributed by atoms with Gasteiger partial charge in [0.2, 0.25) is 5.78 Å². The number of rotatable bonds is 6. The van der Waals surface area contributed by atoms with E-state index in [1.54, 1.807) is 0 Å². The van der Waals surface area contributed by atoms with Gasteiger partial charge in [-0.05, 0) is 0 Å². The average molecular weight is 280 g/mol. The topological polar surface area (TPSA) is 145 Å². The molecule has 8 nitrogen and oxygen atoms in total. The number of ketones is 1. The molecule has 0 unspecified atom stereocenters. The van der Waals surface area contributed by atoms with Crippen LogP contribution in [-0.4, -0.2) is 69.0 Å². The van der Waals surface area contributed by atoms with Crippen LogP contribution in [0.5, 0.6) is 0 Å². The van der Waals surface area contributed by atoms with E-state index in [2.05, 4.69) is 4.74 Å². The zero-order valence-corrected chi connectivity index (χ0v) is 9.06. The molecule has 3 atom stereocenters. The van der Waals surface area contributed by atoms with Crippen molar-refractivity contribution in [3.8, 4) is 0 Å². The van der Waals surface area contributed by atoms with Crippen molar-refractivity contribution in [2.45, 2.75) is 18.3 Å². The minimum Gasteiger partial charge on any atom is -0.450 e. The van der Waals surface area contributed by atoms with E-state index in [1.165, 1.54) is 0 Å². The summed E-state index contributed by atoms with van der Waals surface area (Å²) >= 11 is 0. The second-order valence-corrected chi connectivity index (χ2v) is 2.71. The number of Topliss-reactive ketones (excluding diaryl/α,β-unsaturated/α-hetero) is 1. The van der Waals surface area contributed by atoms with Crippen molar-refractivity contribution >= 4 is 11.9 Å². The minimum absolute atomic E-state index is 0. The summed E-state index contributed by atoms with van der Waals surface area (Å²) in [5.41, 5.74) is 0. The predicted molar refractivity (Wildman–Crippen MR) is 44.1 cm³/mol. The fourth-order valence-electron chi connectivity index (χ4n) is 0.727. The number of hydrogen-bond donors (Lipinski definition) is 5. The fraction of sp³-hybridized carbons (Fsp3) is 0.714. The summed E-state index contributed by atoms with van der Waals surface area (Å²) in [6, 6.07) is 0. The summed E-state index contributed by atoms with van der Waals surface area (Å²) in [6.45, 7) is -1.78. The molecule has 0 amide bonds. The van der Waals surface area contributed by atoms with E-state index in [1.807, 2.05) is 0 Å². The molecule has 0 saturated heterocycles. The van der Waals surface area contributed by atoms with Gasteiger partial charge in [-0.15, -0.1) is 0 Å². The first-order valence-corrected chi connectivity index (χ1v) is 3.93. The van der Waals surface area contributed by atoms with Crippen LogP contribution in [0.25, 0.3) is 0 Å². The Labute approximate surface area is 101 Å². The van der Waals surface area contributed by atoms with Crippen LogP contribution in [0.4, 0.5) is 4.79 Å². The molecule has 0 aromatic rings. The molecule has 16 heavy (non-hydrogen) atoms. The van der Waals surface area contributed by atoms with Gasteiger partial charge in [-0.1, -0.05) is 0 Å². The van der Waals surface area contributed by atoms with Crippen LogP contribution in [0.1, 0.15) is 0 Å². The van der Waals surface area contributed by atoms with Crippen LogP contribution in [0, 0.1) is 0 Å². The summed E-state index contributed by atoms with van der Waals surface area (Å²) in [7, 11) is 0. The number of carbonyl (C=O) groups is 2. The van der Waals surface area contributed by atoms with E-state index >= 15 is 0 Å². The van der Waals surface area contributed by atoms with Crippen LogP contribution >= 0.6 is 0 Å². The summed E-state index contributed by atoms with van der Waals surface area (Å²) in [4.78, 5) is 20.8. The molecule has 96 valence electrons. The maximum Gasteiger partial charge on any atom is 0.506 e. The van der Waals surface area contributed by atoms with Crippen molar-refractivity contribution in [3.05, 3.63) is 0 Å². The van der Waals surface area contributed by atoms with Crippen LogP contribution < -0.4 is 0 Å². The van der Waals surface area contributed by atoms with Gasteiger partial charge in [-0.3, -0.25) is 4.79 Å². The molecule has 0 bridgehead atoms. The van der Waals surface area contributed by atoms with Gasteiger partial charge < -0.3 is 30.3 Å². The van der Waals surface area contributed by atoms with Crippen molar-refractivity contribution < 1.29 is 56.9 Å². The first-order valence-electron chi connectivity index (χ1n) is 3.93. The molecule has 0 aromatic heterocycles. The smallest absolute Gasteiger partial charge is 0.450 e. The van der Waals surface area contributed by atoms with Gasteiger partial charge in [0.1, 0.15) is 18.3 Å². The van der Waals surface area contributed by atoms with Crippen LogP contribution in [0.15, 0.2) is 0 Å². The molecule has 0 aliphatic carbocycles. The van der Waals surface area contributed by atoms with Crippen LogP contribution in [-0.2, 0) is 26.6 Å². The second kappa shape index (κ2) is 8.45. The Morgan fingerprint density at radius 2 is 1.69 bits per heavy atom. The Kier molecular flexibility index (Phi) is 9.34.